The quantitative estimate of drug-likeness (QED) is 0.180. The van der Waals surface area contributed by atoms with E-state index in [1.54, 1.807) is 25.2 Å². The molecule has 2 bridgehead atoms. The van der Waals surface area contributed by atoms with Crippen LogP contribution in [0.25, 0.3) is 0 Å². The number of carbonyl (C=O) groups is 4. The SMILES string of the molecule is C=CC[C@@H]1C=C(C)C[C@H](C)C[C@H](OC)[C@H]2O[C@@](O)(C(=O)C(=O)N3CCCC[C@H]3C(=O)O[C@H](C(C)=C[C@@H]3CC[C@@H](O)[C@H](CO)C3)[C@H](C)C=CC1=O)[C@H](C)C[C@@H]2OC. The van der Waals surface area contributed by atoms with Crippen molar-refractivity contribution in [1.82, 2.24) is 4.90 Å². The zero-order valence-corrected chi connectivity index (χ0v) is 34.6. The van der Waals surface area contributed by atoms with E-state index in [9.17, 15) is 34.5 Å². The number of aliphatic hydroxyl groups is 3. The predicted molar refractivity (Wildman–Crippen MR) is 211 cm³/mol. The van der Waals surface area contributed by atoms with Crippen molar-refractivity contribution < 1.29 is 53.4 Å². The second-order valence-electron chi connectivity index (χ2n) is 17.0. The zero-order valence-electron chi connectivity index (χ0n) is 34.6. The highest BCUT2D eigenvalue weighted by molar-refractivity contribution is 6.39. The van der Waals surface area contributed by atoms with Crippen LogP contribution in [-0.4, -0.2) is 113 Å². The Kier molecular flexibility index (Phi) is 16.8. The summed E-state index contributed by atoms with van der Waals surface area (Å²) in [7, 11) is 3.07. The fraction of sp³-hybridized carbons (Fsp3) is 0.727. The maximum Gasteiger partial charge on any atom is 0.329 e. The van der Waals surface area contributed by atoms with Gasteiger partial charge in [0, 0.05) is 51.0 Å². The molecule has 0 radical (unpaired) electrons. The molecule has 2 saturated heterocycles. The Morgan fingerprint density at radius 1 is 1.04 bits per heavy atom. The number of methoxy groups -OCH3 is 2. The summed E-state index contributed by atoms with van der Waals surface area (Å²) in [6.45, 7) is 13.3. The minimum Gasteiger partial charge on any atom is -0.456 e. The molecule has 12 nitrogen and oxygen atoms in total. The molecule has 4 rings (SSSR count). The van der Waals surface area contributed by atoms with Crippen LogP contribution < -0.4 is 0 Å². The Morgan fingerprint density at radius 3 is 2.39 bits per heavy atom. The number of Topliss-reactive ketones (excluding diaryl/α,β-unsaturated/α-hetero) is 1. The minimum atomic E-state index is -2.49. The molecule has 3 fully saturated rings. The van der Waals surface area contributed by atoms with E-state index in [1.165, 1.54) is 19.1 Å². The molecule has 0 aromatic heterocycles. The summed E-state index contributed by atoms with van der Waals surface area (Å²) >= 11 is 0. The number of amides is 1. The largest absolute Gasteiger partial charge is 0.456 e. The molecular formula is C44H67NO11. The van der Waals surface area contributed by atoms with Gasteiger partial charge in [0.15, 0.2) is 5.78 Å². The number of cyclic esters (lactones) is 1. The number of ether oxygens (including phenoxy) is 4. The molecule has 314 valence electrons. The smallest absolute Gasteiger partial charge is 0.329 e. The van der Waals surface area contributed by atoms with Crippen LogP contribution in [0.3, 0.4) is 0 Å². The van der Waals surface area contributed by atoms with E-state index >= 15 is 0 Å². The number of ketones is 2. The summed E-state index contributed by atoms with van der Waals surface area (Å²) in [5.41, 5.74) is 1.74. The maximum atomic E-state index is 14.2. The number of hydrogen-bond acceptors (Lipinski definition) is 11. The molecule has 13 atom stereocenters. The number of fused-ring (bicyclic) bond motifs is 3. The third-order valence-electron chi connectivity index (χ3n) is 12.5. The van der Waals surface area contributed by atoms with Gasteiger partial charge in [-0.15, -0.1) is 6.58 Å². The molecule has 0 spiro atoms. The van der Waals surface area contributed by atoms with E-state index in [2.05, 4.69) is 13.5 Å². The lowest BCUT2D eigenvalue weighted by Gasteiger charge is -2.47. The predicted octanol–water partition coefficient (Wildman–Crippen LogP) is 5.04. The highest BCUT2D eigenvalue weighted by atomic mass is 16.7. The summed E-state index contributed by atoms with van der Waals surface area (Å²) in [5, 5.41) is 32.3. The minimum absolute atomic E-state index is 0.0209. The fourth-order valence-corrected chi connectivity index (χ4v) is 9.21. The second kappa shape index (κ2) is 20.6. The van der Waals surface area contributed by atoms with Crippen LogP contribution in [0, 0.1) is 35.5 Å². The van der Waals surface area contributed by atoms with Crippen molar-refractivity contribution in [3.63, 3.8) is 0 Å². The first-order chi connectivity index (χ1) is 26.6. The van der Waals surface area contributed by atoms with Crippen LogP contribution >= 0.6 is 0 Å². The molecule has 3 heterocycles. The standard InChI is InChI=1S/C44H67NO11/c1-9-12-32-20-26(2)19-27(3)21-37(53-7)40-38(54-8)23-30(6)44(52,56-40)41(49)42(50)45-18-11-10-13-34(45)43(51)55-39(28(4)14-16-35(32)47)29(5)22-31-15-17-36(48)33(24-31)25-46/h9,14,16,20,22,27-28,30-34,36-40,46,48,52H,1,10-13,15,17-19,21,23-25H2,2-8H3/t27-,28+,30+,31-,32+,33-,34-,36+,37-,38-,39-,40+,44+/m0/s1. The second-order valence-corrected chi connectivity index (χ2v) is 17.0. The topological polar surface area (TPSA) is 169 Å². The van der Waals surface area contributed by atoms with Crippen molar-refractivity contribution in [3.05, 3.63) is 48.1 Å². The average Bonchev–Trinajstić information content (AvgIpc) is 3.18. The van der Waals surface area contributed by atoms with Gasteiger partial charge < -0.3 is 39.2 Å². The summed E-state index contributed by atoms with van der Waals surface area (Å²) < 4.78 is 24.2. The number of esters is 1. The number of nitrogens with zero attached hydrogens (tertiary/aromatic N) is 1. The van der Waals surface area contributed by atoms with Gasteiger partial charge in [-0.05, 0) is 102 Å². The van der Waals surface area contributed by atoms with Crippen LogP contribution in [0.4, 0.5) is 0 Å². The van der Waals surface area contributed by atoms with Crippen LogP contribution in [-0.2, 0) is 38.1 Å². The first kappa shape index (κ1) is 45.7. The lowest BCUT2D eigenvalue weighted by atomic mass is 9.78. The highest BCUT2D eigenvalue weighted by Gasteiger charge is 2.56. The summed E-state index contributed by atoms with van der Waals surface area (Å²) in [5.74, 6) is -7.39. The monoisotopic (exact) mass is 785 g/mol. The van der Waals surface area contributed by atoms with Crippen LogP contribution in [0.15, 0.2) is 48.1 Å². The third-order valence-corrected chi connectivity index (χ3v) is 12.5. The first-order valence-corrected chi connectivity index (χ1v) is 20.6. The van der Waals surface area contributed by atoms with E-state index in [-0.39, 0.29) is 49.5 Å². The normalized spacial score (nSPS) is 38.9. The summed E-state index contributed by atoms with van der Waals surface area (Å²) in [6.07, 6.45) is 10.6. The van der Waals surface area contributed by atoms with E-state index in [0.29, 0.717) is 51.4 Å². The molecule has 1 aliphatic carbocycles. The molecule has 56 heavy (non-hydrogen) atoms. The molecule has 12 heteroatoms. The van der Waals surface area contributed by atoms with Gasteiger partial charge in [0.1, 0.15) is 18.2 Å². The number of rotatable bonds is 7. The molecule has 0 aromatic rings. The van der Waals surface area contributed by atoms with Gasteiger partial charge in [-0.25, -0.2) is 4.79 Å². The zero-order chi connectivity index (χ0) is 41.3. The van der Waals surface area contributed by atoms with Crippen molar-refractivity contribution in [3.8, 4) is 0 Å². The summed E-state index contributed by atoms with van der Waals surface area (Å²) in [6, 6.07) is -1.09. The van der Waals surface area contributed by atoms with Crippen molar-refractivity contribution in [2.75, 3.05) is 27.4 Å². The number of piperidine rings is 1. The van der Waals surface area contributed by atoms with Crippen LogP contribution in [0.5, 0.6) is 0 Å². The van der Waals surface area contributed by atoms with Gasteiger partial charge in [0.25, 0.3) is 11.7 Å². The Balaban J connectivity index is 1.78. The van der Waals surface area contributed by atoms with Gasteiger partial charge in [-0.1, -0.05) is 50.6 Å². The molecule has 1 amide bonds. The van der Waals surface area contributed by atoms with Gasteiger partial charge in [-0.3, -0.25) is 14.4 Å². The molecule has 3 N–H and O–H groups in total. The number of hydrogen-bond donors (Lipinski definition) is 3. The number of allylic oxidation sites excluding steroid dienone is 5. The van der Waals surface area contributed by atoms with E-state index in [1.807, 2.05) is 32.9 Å². The van der Waals surface area contributed by atoms with E-state index in [0.717, 1.165) is 11.1 Å². The molecule has 3 aliphatic heterocycles. The molecule has 0 aromatic carbocycles. The number of aliphatic hydroxyl groups excluding tert-OH is 2. The first-order valence-electron chi connectivity index (χ1n) is 20.6. The molecular weight excluding hydrogens is 718 g/mol. The third kappa shape index (κ3) is 10.9. The molecule has 1 saturated carbocycles. The van der Waals surface area contributed by atoms with Crippen molar-refractivity contribution in [2.45, 2.75) is 141 Å². The van der Waals surface area contributed by atoms with E-state index < -0.39 is 77.8 Å². The Labute approximate surface area is 333 Å². The van der Waals surface area contributed by atoms with Crippen LogP contribution in [0.1, 0.15) is 98.8 Å². The van der Waals surface area contributed by atoms with Crippen molar-refractivity contribution in [2.24, 2.45) is 35.5 Å². The summed E-state index contributed by atoms with van der Waals surface area (Å²) in [4.78, 5) is 57.6. The molecule has 0 unspecified atom stereocenters. The van der Waals surface area contributed by atoms with Gasteiger partial charge in [-0.2, -0.15) is 0 Å². The Morgan fingerprint density at radius 2 is 1.73 bits per heavy atom. The lowest BCUT2D eigenvalue weighted by molar-refractivity contribution is -0.302. The van der Waals surface area contributed by atoms with Crippen LogP contribution in [0.2, 0.25) is 0 Å². The highest BCUT2D eigenvalue weighted by Crippen LogP contribution is 2.39. The fourth-order valence-electron chi connectivity index (χ4n) is 9.21. The molecule has 4 aliphatic rings. The van der Waals surface area contributed by atoms with Gasteiger partial charge in [0.2, 0.25) is 5.79 Å². The maximum absolute atomic E-state index is 14.2. The van der Waals surface area contributed by atoms with Gasteiger partial charge >= 0.3 is 5.97 Å². The Hall–Kier alpha value is -3.00. The van der Waals surface area contributed by atoms with E-state index in [4.69, 9.17) is 18.9 Å². The lowest BCUT2D eigenvalue weighted by Crippen LogP contribution is -2.64. The van der Waals surface area contributed by atoms with Crippen molar-refractivity contribution in [1.29, 1.82) is 0 Å². The Bertz CT molecular complexity index is 1490. The van der Waals surface area contributed by atoms with Crippen molar-refractivity contribution >= 4 is 23.4 Å². The number of carbonyl (C=O) groups excluding carboxylic acids is 4. The average molecular weight is 786 g/mol. The van der Waals surface area contributed by atoms with Gasteiger partial charge in [0.05, 0.1) is 18.3 Å².